The molecule has 2 atom stereocenters. The normalized spacial score (nSPS) is 17.2. The van der Waals surface area contributed by atoms with Crippen LogP contribution < -0.4 is 5.32 Å². The molecule has 5 heteroatoms. The summed E-state index contributed by atoms with van der Waals surface area (Å²) in [7, 11) is 1.39. The molecular formula is C25H26N2O3. The summed E-state index contributed by atoms with van der Waals surface area (Å²) < 4.78 is 5.00. The summed E-state index contributed by atoms with van der Waals surface area (Å²) in [6, 6.07) is 21.7. The molecule has 3 aromatic carbocycles. The van der Waals surface area contributed by atoms with Gasteiger partial charge in [0.1, 0.15) is 6.04 Å². The summed E-state index contributed by atoms with van der Waals surface area (Å²) in [5, 5.41) is 5.38. The van der Waals surface area contributed by atoms with Crippen molar-refractivity contribution >= 4 is 22.6 Å². The molecule has 3 aromatic rings. The van der Waals surface area contributed by atoms with Crippen LogP contribution in [0.1, 0.15) is 29.7 Å². The molecule has 0 spiro atoms. The van der Waals surface area contributed by atoms with Gasteiger partial charge in [0.05, 0.1) is 19.7 Å². The van der Waals surface area contributed by atoms with Crippen LogP contribution in [0.15, 0.2) is 66.7 Å². The number of esters is 1. The Bertz CT molecular complexity index is 1070. The Balaban J connectivity index is 1.50. The number of ether oxygens (including phenoxy) is 1. The molecule has 0 radical (unpaired) electrons. The van der Waals surface area contributed by atoms with Crippen LogP contribution in [0, 0.1) is 0 Å². The van der Waals surface area contributed by atoms with Crippen molar-refractivity contribution in [3.05, 3.63) is 83.4 Å². The van der Waals surface area contributed by atoms with E-state index in [1.165, 1.54) is 7.11 Å². The van der Waals surface area contributed by atoms with Crippen molar-refractivity contribution < 1.29 is 14.3 Å². The number of amides is 1. The highest BCUT2D eigenvalue weighted by atomic mass is 16.5. The molecule has 1 heterocycles. The molecular weight excluding hydrogens is 376 g/mol. The van der Waals surface area contributed by atoms with Gasteiger partial charge in [-0.05, 0) is 40.8 Å². The van der Waals surface area contributed by atoms with Crippen LogP contribution in [0.2, 0.25) is 0 Å². The van der Waals surface area contributed by atoms with E-state index < -0.39 is 6.04 Å². The molecule has 4 rings (SSSR count). The van der Waals surface area contributed by atoms with Gasteiger partial charge in [0.2, 0.25) is 5.91 Å². The van der Waals surface area contributed by atoms with Gasteiger partial charge in [-0.3, -0.25) is 14.5 Å². The van der Waals surface area contributed by atoms with Crippen molar-refractivity contribution in [2.24, 2.45) is 0 Å². The van der Waals surface area contributed by atoms with Crippen molar-refractivity contribution in [2.45, 2.75) is 32.0 Å². The molecule has 0 aliphatic carbocycles. The third-order valence-corrected chi connectivity index (χ3v) is 5.83. The lowest BCUT2D eigenvalue weighted by Gasteiger charge is -2.34. The zero-order chi connectivity index (χ0) is 21.1. The molecule has 1 aliphatic rings. The Morgan fingerprint density at radius 3 is 2.53 bits per heavy atom. The molecule has 0 unspecified atom stereocenters. The van der Waals surface area contributed by atoms with Gasteiger partial charge in [-0.1, -0.05) is 66.7 Å². The molecule has 0 fully saturated rings. The van der Waals surface area contributed by atoms with E-state index in [2.05, 4.69) is 23.5 Å². The second-order valence-electron chi connectivity index (χ2n) is 7.77. The maximum atomic E-state index is 12.9. The molecule has 0 saturated heterocycles. The van der Waals surface area contributed by atoms with Crippen LogP contribution >= 0.6 is 0 Å². The highest BCUT2D eigenvalue weighted by Gasteiger charge is 2.33. The highest BCUT2D eigenvalue weighted by Crippen LogP contribution is 2.26. The first-order valence-corrected chi connectivity index (χ1v) is 10.2. The van der Waals surface area contributed by atoms with Crippen LogP contribution in [0.25, 0.3) is 10.8 Å². The lowest BCUT2D eigenvalue weighted by atomic mass is 9.94. The molecule has 154 valence electrons. The average Bonchev–Trinajstić information content (AvgIpc) is 2.77. The number of carbonyl (C=O) groups is 2. The van der Waals surface area contributed by atoms with E-state index in [1.54, 1.807) is 0 Å². The summed E-state index contributed by atoms with van der Waals surface area (Å²) in [4.78, 5) is 27.2. The van der Waals surface area contributed by atoms with E-state index in [0.717, 1.165) is 27.5 Å². The van der Waals surface area contributed by atoms with Gasteiger partial charge in [-0.25, -0.2) is 0 Å². The highest BCUT2D eigenvalue weighted by molar-refractivity contribution is 5.87. The number of nitrogens with one attached hydrogen (secondary N) is 1. The summed E-state index contributed by atoms with van der Waals surface area (Å²) in [5.41, 5.74) is 3.36. The number of hydrogen-bond donors (Lipinski definition) is 1. The molecule has 0 aromatic heterocycles. The Labute approximate surface area is 176 Å². The molecule has 1 N–H and O–H groups in total. The number of rotatable bonds is 5. The molecule has 30 heavy (non-hydrogen) atoms. The molecule has 1 amide bonds. The number of methoxy groups -OCH3 is 1. The van der Waals surface area contributed by atoms with E-state index in [0.29, 0.717) is 13.0 Å². The maximum absolute atomic E-state index is 12.9. The van der Waals surface area contributed by atoms with Gasteiger partial charge >= 0.3 is 5.97 Å². The standard InChI is InChI=1S/C25H26N2O3/c1-17(21-13-7-11-18-8-5-6-12-22(18)21)26-24(28)16-27-15-20-10-4-3-9-19(20)14-23(27)25(29)30-2/h3-13,17,23H,14-16H2,1-2H3,(H,26,28)/t17-,23-/m1/s1. The van der Waals surface area contributed by atoms with E-state index in [4.69, 9.17) is 4.74 Å². The van der Waals surface area contributed by atoms with Gasteiger partial charge in [-0.15, -0.1) is 0 Å². The lowest BCUT2D eigenvalue weighted by molar-refractivity contribution is -0.148. The Kier molecular flexibility index (Phi) is 5.81. The van der Waals surface area contributed by atoms with Gasteiger partial charge in [0, 0.05) is 6.54 Å². The summed E-state index contributed by atoms with van der Waals surface area (Å²) in [6.45, 7) is 2.68. The predicted octanol–water partition coefficient (Wildman–Crippen LogP) is 3.62. The zero-order valence-electron chi connectivity index (χ0n) is 17.3. The minimum Gasteiger partial charge on any atom is -0.468 e. The number of fused-ring (bicyclic) bond motifs is 2. The molecule has 1 aliphatic heterocycles. The second kappa shape index (κ2) is 8.67. The van der Waals surface area contributed by atoms with Crippen LogP contribution in [0.3, 0.4) is 0 Å². The Morgan fingerprint density at radius 1 is 1.03 bits per heavy atom. The van der Waals surface area contributed by atoms with Crippen LogP contribution in [-0.4, -0.2) is 36.5 Å². The molecule has 5 nitrogen and oxygen atoms in total. The van der Waals surface area contributed by atoms with Crippen molar-refractivity contribution in [3.8, 4) is 0 Å². The van der Waals surface area contributed by atoms with Crippen molar-refractivity contribution in [2.75, 3.05) is 13.7 Å². The van der Waals surface area contributed by atoms with Crippen LogP contribution in [-0.2, 0) is 27.3 Å². The molecule has 0 saturated carbocycles. The SMILES string of the molecule is COC(=O)[C@H]1Cc2ccccc2CN1CC(=O)N[C@H](C)c1cccc2ccccc12. The maximum Gasteiger partial charge on any atom is 0.323 e. The van der Waals surface area contributed by atoms with Crippen LogP contribution in [0.4, 0.5) is 0 Å². The topological polar surface area (TPSA) is 58.6 Å². The van der Waals surface area contributed by atoms with Crippen LogP contribution in [0.5, 0.6) is 0 Å². The van der Waals surface area contributed by atoms with Crippen molar-refractivity contribution in [1.29, 1.82) is 0 Å². The second-order valence-corrected chi connectivity index (χ2v) is 7.77. The van der Waals surface area contributed by atoms with Gasteiger partial charge in [0.15, 0.2) is 0 Å². The van der Waals surface area contributed by atoms with E-state index >= 15 is 0 Å². The number of nitrogens with zero attached hydrogens (tertiary/aromatic N) is 1. The average molecular weight is 402 g/mol. The Hall–Kier alpha value is -3.18. The smallest absolute Gasteiger partial charge is 0.323 e. The lowest BCUT2D eigenvalue weighted by Crippen LogP contribution is -2.50. The van der Waals surface area contributed by atoms with Gasteiger partial charge in [-0.2, -0.15) is 0 Å². The fraction of sp³-hybridized carbons (Fsp3) is 0.280. The van der Waals surface area contributed by atoms with E-state index in [1.807, 2.05) is 60.4 Å². The fourth-order valence-corrected chi connectivity index (χ4v) is 4.29. The number of carbonyl (C=O) groups excluding carboxylic acids is 2. The number of benzene rings is 3. The first kappa shape index (κ1) is 20.1. The minimum atomic E-state index is -0.455. The first-order valence-electron chi connectivity index (χ1n) is 10.2. The van der Waals surface area contributed by atoms with Gasteiger partial charge in [0.25, 0.3) is 0 Å². The quantitative estimate of drug-likeness (QED) is 0.663. The largest absolute Gasteiger partial charge is 0.468 e. The third kappa shape index (κ3) is 4.07. The number of hydrogen-bond acceptors (Lipinski definition) is 4. The first-order chi connectivity index (χ1) is 14.6. The minimum absolute atomic E-state index is 0.108. The zero-order valence-corrected chi connectivity index (χ0v) is 17.3. The summed E-state index contributed by atoms with van der Waals surface area (Å²) in [5.74, 6) is -0.414. The third-order valence-electron chi connectivity index (χ3n) is 5.83. The summed E-state index contributed by atoms with van der Waals surface area (Å²) in [6.07, 6.45) is 0.551. The van der Waals surface area contributed by atoms with E-state index in [-0.39, 0.29) is 24.5 Å². The monoisotopic (exact) mass is 402 g/mol. The Morgan fingerprint density at radius 2 is 1.73 bits per heavy atom. The van der Waals surface area contributed by atoms with Crippen molar-refractivity contribution in [1.82, 2.24) is 10.2 Å². The van der Waals surface area contributed by atoms with Gasteiger partial charge < -0.3 is 10.1 Å². The predicted molar refractivity (Wildman–Crippen MR) is 117 cm³/mol. The molecule has 0 bridgehead atoms. The van der Waals surface area contributed by atoms with Crippen molar-refractivity contribution in [3.63, 3.8) is 0 Å². The van der Waals surface area contributed by atoms with E-state index in [9.17, 15) is 9.59 Å². The fourth-order valence-electron chi connectivity index (χ4n) is 4.29. The summed E-state index contributed by atoms with van der Waals surface area (Å²) >= 11 is 0.